The van der Waals surface area contributed by atoms with Crippen molar-refractivity contribution in [3.63, 3.8) is 0 Å². The quantitative estimate of drug-likeness (QED) is 0.405. The normalized spacial score (nSPS) is 10.9. The number of amides is 1. The maximum atomic E-state index is 12.2. The van der Waals surface area contributed by atoms with Crippen molar-refractivity contribution in [3.8, 4) is 11.8 Å². The summed E-state index contributed by atoms with van der Waals surface area (Å²) in [6.07, 6.45) is 1.47. The lowest BCUT2D eigenvalue weighted by atomic mass is 10.2. The van der Waals surface area contributed by atoms with Gasteiger partial charge in [-0.1, -0.05) is 12.1 Å². The van der Waals surface area contributed by atoms with Crippen LogP contribution >= 0.6 is 0 Å². The molecule has 1 aromatic rings. The number of rotatable bonds is 9. The van der Waals surface area contributed by atoms with Crippen molar-refractivity contribution in [1.82, 2.24) is 4.90 Å². The summed E-state index contributed by atoms with van der Waals surface area (Å²) in [5.41, 5.74) is 0.180. The Kier molecular flexibility index (Phi) is 8.21. The fraction of sp³-hybridized carbons (Fsp3) is 0.375. The van der Waals surface area contributed by atoms with Crippen LogP contribution in [0.1, 0.15) is 0 Å². The topological polar surface area (TPSA) is 94.8 Å². The van der Waals surface area contributed by atoms with Gasteiger partial charge in [0.2, 0.25) is 0 Å². The van der Waals surface area contributed by atoms with Gasteiger partial charge in [0.05, 0.1) is 18.9 Å². The van der Waals surface area contributed by atoms with Crippen LogP contribution in [-0.4, -0.2) is 56.4 Å². The predicted octanol–water partition coefficient (Wildman–Crippen LogP) is 1.33. The summed E-state index contributed by atoms with van der Waals surface area (Å²) in [4.78, 5) is 14.0. The molecule has 7 heteroatoms. The van der Waals surface area contributed by atoms with E-state index in [9.17, 15) is 15.2 Å². The number of nitrogens with one attached hydrogen (secondary N) is 1. The van der Waals surface area contributed by atoms with Crippen molar-refractivity contribution in [2.24, 2.45) is 0 Å². The summed E-state index contributed by atoms with van der Waals surface area (Å²) in [5.74, 6) is -0.650. The zero-order valence-electron chi connectivity index (χ0n) is 13.3. The van der Waals surface area contributed by atoms with E-state index in [1.807, 2.05) is 6.07 Å². The zero-order chi connectivity index (χ0) is 17.1. The first-order valence-electron chi connectivity index (χ1n) is 7.05. The Morgan fingerprint density at radius 2 is 1.91 bits per heavy atom. The number of methoxy groups -OCH3 is 2. The number of hydrogen-bond acceptors (Lipinski definition) is 6. The second kappa shape index (κ2) is 10.2. The molecule has 0 aliphatic heterocycles. The molecule has 0 unspecified atom stereocenters. The van der Waals surface area contributed by atoms with Gasteiger partial charge < -0.3 is 24.8 Å². The largest absolute Gasteiger partial charge is 0.506 e. The van der Waals surface area contributed by atoms with Gasteiger partial charge in [0, 0.05) is 33.5 Å². The summed E-state index contributed by atoms with van der Waals surface area (Å²) >= 11 is 0. The second-order valence-corrected chi connectivity index (χ2v) is 4.65. The number of nitrogens with zero attached hydrogens (tertiary/aromatic N) is 2. The number of nitriles is 1. The number of ether oxygens (including phenoxy) is 2. The van der Waals surface area contributed by atoms with E-state index < -0.39 is 5.91 Å². The molecule has 0 aliphatic carbocycles. The average Bonchev–Trinajstić information content (AvgIpc) is 2.56. The molecule has 23 heavy (non-hydrogen) atoms. The van der Waals surface area contributed by atoms with Crippen LogP contribution in [-0.2, 0) is 14.3 Å². The van der Waals surface area contributed by atoms with Gasteiger partial charge in [0.15, 0.2) is 0 Å². The second-order valence-electron chi connectivity index (χ2n) is 4.65. The Bertz CT molecular complexity index is 573. The first kappa shape index (κ1) is 18.5. The lowest BCUT2D eigenvalue weighted by Crippen LogP contribution is -2.27. The number of hydrogen-bond donors (Lipinski definition) is 2. The van der Waals surface area contributed by atoms with Crippen LogP contribution in [0.3, 0.4) is 0 Å². The summed E-state index contributed by atoms with van der Waals surface area (Å²) in [6.45, 7) is 1.96. The molecule has 124 valence electrons. The molecular formula is C16H21N3O4. The average molecular weight is 319 g/mol. The molecule has 2 N–H and O–H groups in total. The Morgan fingerprint density at radius 1 is 1.30 bits per heavy atom. The van der Waals surface area contributed by atoms with E-state index in [1.165, 1.54) is 12.3 Å². The van der Waals surface area contributed by atoms with Crippen LogP contribution < -0.4 is 5.32 Å². The molecule has 0 radical (unpaired) electrons. The van der Waals surface area contributed by atoms with Gasteiger partial charge in [0.1, 0.15) is 17.4 Å². The van der Waals surface area contributed by atoms with Crippen LogP contribution in [0.25, 0.3) is 0 Å². The summed E-state index contributed by atoms with van der Waals surface area (Å²) in [6, 6.07) is 8.19. The summed E-state index contributed by atoms with van der Waals surface area (Å²) in [7, 11) is 3.16. The molecule has 0 saturated heterocycles. The van der Waals surface area contributed by atoms with Crippen LogP contribution in [0, 0.1) is 11.3 Å². The number of phenols is 1. The lowest BCUT2D eigenvalue weighted by molar-refractivity contribution is -0.112. The number of para-hydroxylation sites is 2. The van der Waals surface area contributed by atoms with E-state index >= 15 is 0 Å². The van der Waals surface area contributed by atoms with Crippen LogP contribution in [0.15, 0.2) is 36.0 Å². The maximum Gasteiger partial charge on any atom is 0.267 e. The minimum Gasteiger partial charge on any atom is -0.506 e. The van der Waals surface area contributed by atoms with E-state index in [0.717, 1.165) is 0 Å². The number of phenolic OH excluding ortho intramolecular Hbond substituents is 1. The molecule has 0 aliphatic rings. The summed E-state index contributed by atoms with van der Waals surface area (Å²) in [5, 5.41) is 21.4. The monoisotopic (exact) mass is 319 g/mol. The highest BCUT2D eigenvalue weighted by Crippen LogP contribution is 2.22. The number of benzene rings is 1. The van der Waals surface area contributed by atoms with Crippen molar-refractivity contribution >= 4 is 11.6 Å². The van der Waals surface area contributed by atoms with Crippen molar-refractivity contribution in [2.75, 3.05) is 45.8 Å². The van der Waals surface area contributed by atoms with Crippen LogP contribution in [0.4, 0.5) is 5.69 Å². The van der Waals surface area contributed by atoms with E-state index in [-0.39, 0.29) is 17.0 Å². The van der Waals surface area contributed by atoms with Gasteiger partial charge in [-0.2, -0.15) is 5.26 Å². The number of aromatic hydroxyl groups is 1. The lowest BCUT2D eigenvalue weighted by Gasteiger charge is -2.20. The Balaban J connectivity index is 2.83. The predicted molar refractivity (Wildman–Crippen MR) is 85.8 cm³/mol. The van der Waals surface area contributed by atoms with Crippen molar-refractivity contribution in [3.05, 3.63) is 36.0 Å². The van der Waals surface area contributed by atoms with Gasteiger partial charge in [0.25, 0.3) is 5.91 Å². The molecule has 7 nitrogen and oxygen atoms in total. The highest BCUT2D eigenvalue weighted by Gasteiger charge is 2.13. The van der Waals surface area contributed by atoms with Crippen molar-refractivity contribution in [1.29, 1.82) is 5.26 Å². The highest BCUT2D eigenvalue weighted by molar-refractivity contribution is 6.07. The van der Waals surface area contributed by atoms with Gasteiger partial charge in [-0.15, -0.1) is 0 Å². The van der Waals surface area contributed by atoms with Gasteiger partial charge >= 0.3 is 0 Å². The fourth-order valence-corrected chi connectivity index (χ4v) is 1.75. The summed E-state index contributed by atoms with van der Waals surface area (Å²) < 4.78 is 10.0. The van der Waals surface area contributed by atoms with Gasteiger partial charge in [-0.05, 0) is 12.1 Å². The number of carbonyl (C=O) groups excluding carboxylic acids is 1. The van der Waals surface area contributed by atoms with Crippen LogP contribution in [0.2, 0.25) is 0 Å². The van der Waals surface area contributed by atoms with E-state index in [4.69, 9.17) is 9.47 Å². The third-order valence-electron chi connectivity index (χ3n) is 2.99. The SMILES string of the molecule is COCCN(/C=C(/C#N)C(=O)Nc1ccccc1O)CCOC. The third kappa shape index (κ3) is 6.38. The molecule has 1 rings (SSSR count). The highest BCUT2D eigenvalue weighted by atomic mass is 16.5. The van der Waals surface area contributed by atoms with Crippen LogP contribution in [0.5, 0.6) is 5.75 Å². The molecule has 0 heterocycles. The molecule has 0 spiro atoms. The zero-order valence-corrected chi connectivity index (χ0v) is 13.3. The van der Waals surface area contributed by atoms with Crippen molar-refractivity contribution < 1.29 is 19.4 Å². The molecule has 1 aromatic carbocycles. The molecule has 0 saturated carbocycles. The van der Waals surface area contributed by atoms with E-state index in [0.29, 0.717) is 26.3 Å². The molecule has 0 bridgehead atoms. The molecule has 1 amide bonds. The number of carbonyl (C=O) groups is 1. The molecule has 0 aromatic heterocycles. The fourth-order valence-electron chi connectivity index (χ4n) is 1.75. The first-order valence-corrected chi connectivity index (χ1v) is 7.05. The molecule has 0 fully saturated rings. The van der Waals surface area contributed by atoms with Crippen molar-refractivity contribution in [2.45, 2.75) is 0 Å². The minimum atomic E-state index is -0.589. The third-order valence-corrected chi connectivity index (χ3v) is 2.99. The van der Waals surface area contributed by atoms with Gasteiger partial charge in [-0.25, -0.2) is 0 Å². The minimum absolute atomic E-state index is 0.0613. The first-order chi connectivity index (χ1) is 11.1. The Morgan fingerprint density at radius 3 is 2.43 bits per heavy atom. The van der Waals surface area contributed by atoms with E-state index in [1.54, 1.807) is 37.3 Å². The number of anilines is 1. The molecule has 0 atom stereocenters. The molecular weight excluding hydrogens is 298 g/mol. The Labute approximate surface area is 135 Å². The standard InChI is InChI=1S/C16H21N3O4/c1-22-9-7-19(8-10-23-2)12-13(11-17)16(21)18-14-5-3-4-6-15(14)20/h3-6,12,20H,7-10H2,1-2H3,(H,18,21)/b13-12-. The Hall–Kier alpha value is -2.56. The van der Waals surface area contributed by atoms with E-state index in [2.05, 4.69) is 5.32 Å². The maximum absolute atomic E-state index is 12.2. The smallest absolute Gasteiger partial charge is 0.267 e. The van der Waals surface area contributed by atoms with Gasteiger partial charge in [-0.3, -0.25) is 4.79 Å².